The van der Waals surface area contributed by atoms with Crippen molar-refractivity contribution in [3.63, 3.8) is 0 Å². The molecule has 5 nitrogen and oxygen atoms in total. The van der Waals surface area contributed by atoms with Crippen molar-refractivity contribution in [1.82, 2.24) is 0 Å². The molecule has 2 unspecified atom stereocenters. The van der Waals surface area contributed by atoms with Crippen molar-refractivity contribution >= 4 is 0 Å². The largest absolute Gasteiger partial charge is 0.489 e. The molecule has 0 spiro atoms. The summed E-state index contributed by atoms with van der Waals surface area (Å²) < 4.78 is 5.86. The van der Waals surface area contributed by atoms with E-state index >= 15 is 0 Å². The van der Waals surface area contributed by atoms with Crippen LogP contribution in [0.4, 0.5) is 0 Å². The highest BCUT2D eigenvalue weighted by Crippen LogP contribution is 2.49. The standard InChI is InChI=1S/C13H19NO4/c1-7-8(2)12-10(5-13(4,6-15)18-12)9(3)11(7)14(16)17/h9-10,15H,5-6H2,1-4H3/t9?,10?,13-/m0/s1. The average molecular weight is 253 g/mol. The maximum absolute atomic E-state index is 11.2. The predicted molar refractivity (Wildman–Crippen MR) is 66.2 cm³/mol. The molecule has 1 aliphatic carbocycles. The van der Waals surface area contributed by atoms with Crippen LogP contribution in [0.15, 0.2) is 22.6 Å². The van der Waals surface area contributed by atoms with E-state index in [0.717, 1.165) is 11.3 Å². The van der Waals surface area contributed by atoms with Gasteiger partial charge in [0.15, 0.2) is 0 Å². The summed E-state index contributed by atoms with van der Waals surface area (Å²) in [5.41, 5.74) is 1.22. The molecule has 2 rings (SSSR count). The zero-order valence-corrected chi connectivity index (χ0v) is 11.2. The second-order valence-corrected chi connectivity index (χ2v) is 5.57. The number of rotatable bonds is 2. The van der Waals surface area contributed by atoms with E-state index in [1.54, 1.807) is 6.92 Å². The fraction of sp³-hybridized carbons (Fsp3) is 0.692. The van der Waals surface area contributed by atoms with Crippen molar-refractivity contribution in [3.8, 4) is 0 Å². The van der Waals surface area contributed by atoms with Gasteiger partial charge in [-0.25, -0.2) is 0 Å². The number of nitro groups is 1. The van der Waals surface area contributed by atoms with E-state index in [9.17, 15) is 15.2 Å². The number of aliphatic hydroxyl groups is 1. The molecular formula is C13H19NO4. The molecule has 2 aliphatic rings. The van der Waals surface area contributed by atoms with Gasteiger partial charge in [0.2, 0.25) is 0 Å². The third-order valence-electron chi connectivity index (χ3n) is 4.23. The molecule has 5 heteroatoms. The number of fused-ring (bicyclic) bond motifs is 1. The Bertz CT molecular complexity index is 466. The van der Waals surface area contributed by atoms with Gasteiger partial charge >= 0.3 is 0 Å². The van der Waals surface area contributed by atoms with Crippen molar-refractivity contribution in [2.45, 2.75) is 39.7 Å². The highest BCUT2D eigenvalue weighted by Gasteiger charge is 2.49. The molecule has 0 aromatic rings. The quantitative estimate of drug-likeness (QED) is 0.605. The first kappa shape index (κ1) is 13.1. The molecule has 0 amide bonds. The fourth-order valence-corrected chi connectivity index (χ4v) is 3.01. The maximum atomic E-state index is 11.2. The molecule has 3 atom stereocenters. The zero-order chi connectivity index (χ0) is 13.7. The summed E-state index contributed by atoms with van der Waals surface area (Å²) in [6, 6.07) is 0. The van der Waals surface area contributed by atoms with Crippen molar-refractivity contribution < 1.29 is 14.8 Å². The molecule has 1 fully saturated rings. The molecule has 0 bridgehead atoms. The number of hydrogen-bond donors (Lipinski definition) is 1. The first-order valence-electron chi connectivity index (χ1n) is 6.17. The second-order valence-electron chi connectivity index (χ2n) is 5.57. The number of allylic oxidation sites excluding steroid dienone is 4. The molecule has 100 valence electrons. The van der Waals surface area contributed by atoms with Crippen LogP contribution in [-0.4, -0.2) is 22.2 Å². The second kappa shape index (κ2) is 4.09. The molecule has 1 saturated heterocycles. The number of aliphatic hydroxyl groups excluding tert-OH is 1. The average Bonchev–Trinajstić information content (AvgIpc) is 2.66. The number of hydrogen-bond acceptors (Lipinski definition) is 4. The Kier molecular flexibility index (Phi) is 2.97. The Morgan fingerprint density at radius 1 is 1.50 bits per heavy atom. The Hall–Kier alpha value is -1.36. The minimum Gasteiger partial charge on any atom is -0.489 e. The summed E-state index contributed by atoms with van der Waals surface area (Å²) in [5.74, 6) is 0.653. The van der Waals surface area contributed by atoms with E-state index in [2.05, 4.69) is 0 Å². The minimum absolute atomic E-state index is 0.00579. The van der Waals surface area contributed by atoms with Crippen LogP contribution < -0.4 is 0 Å². The van der Waals surface area contributed by atoms with Gasteiger partial charge < -0.3 is 9.84 Å². The fourth-order valence-electron chi connectivity index (χ4n) is 3.01. The predicted octanol–water partition coefficient (Wildman–Crippen LogP) is 2.25. The van der Waals surface area contributed by atoms with Crippen LogP contribution in [0.25, 0.3) is 0 Å². The Labute approximate surface area is 106 Å². The molecule has 18 heavy (non-hydrogen) atoms. The van der Waals surface area contributed by atoms with E-state index < -0.39 is 5.60 Å². The third kappa shape index (κ3) is 1.73. The lowest BCUT2D eigenvalue weighted by molar-refractivity contribution is -0.436. The summed E-state index contributed by atoms with van der Waals surface area (Å²) >= 11 is 0. The molecule has 1 heterocycles. The van der Waals surface area contributed by atoms with Crippen LogP contribution in [0, 0.1) is 22.0 Å². The van der Waals surface area contributed by atoms with Crippen LogP contribution >= 0.6 is 0 Å². The first-order valence-corrected chi connectivity index (χ1v) is 6.17. The van der Waals surface area contributed by atoms with E-state index in [4.69, 9.17) is 4.74 Å². The van der Waals surface area contributed by atoms with Gasteiger partial charge in [-0.15, -0.1) is 0 Å². The number of ether oxygens (including phenoxy) is 1. The first-order chi connectivity index (χ1) is 8.30. The summed E-state index contributed by atoms with van der Waals surface area (Å²) in [7, 11) is 0. The molecule has 0 aromatic carbocycles. The Morgan fingerprint density at radius 2 is 2.11 bits per heavy atom. The van der Waals surface area contributed by atoms with Crippen LogP contribution in [0.3, 0.4) is 0 Å². The summed E-state index contributed by atoms with van der Waals surface area (Å²) in [6.07, 6.45) is 0.627. The van der Waals surface area contributed by atoms with Gasteiger partial charge in [-0.1, -0.05) is 6.92 Å². The van der Waals surface area contributed by atoms with Gasteiger partial charge in [0.1, 0.15) is 11.4 Å². The molecule has 0 radical (unpaired) electrons. The Morgan fingerprint density at radius 3 is 2.61 bits per heavy atom. The lowest BCUT2D eigenvalue weighted by Crippen LogP contribution is -2.28. The Balaban J connectivity index is 2.48. The lowest BCUT2D eigenvalue weighted by Gasteiger charge is -2.25. The monoisotopic (exact) mass is 253 g/mol. The van der Waals surface area contributed by atoms with E-state index in [1.807, 2.05) is 20.8 Å². The SMILES string of the molecule is CC1=C2O[C@](C)(CO)CC2C(C)C([N+](=O)[O-])=C1C. The van der Waals surface area contributed by atoms with E-state index in [-0.39, 0.29) is 29.1 Å². The van der Waals surface area contributed by atoms with Crippen molar-refractivity contribution in [2.75, 3.05) is 6.61 Å². The summed E-state index contributed by atoms with van der Waals surface area (Å²) in [4.78, 5) is 10.9. The molecular weight excluding hydrogens is 234 g/mol. The molecule has 1 N–H and O–H groups in total. The minimum atomic E-state index is -0.609. The van der Waals surface area contributed by atoms with Gasteiger partial charge in [0.05, 0.1) is 17.4 Å². The van der Waals surface area contributed by atoms with Gasteiger partial charge in [0.25, 0.3) is 5.70 Å². The summed E-state index contributed by atoms with van der Waals surface area (Å²) in [5, 5.41) is 20.6. The number of nitrogens with zero attached hydrogens (tertiary/aromatic N) is 1. The topological polar surface area (TPSA) is 72.6 Å². The summed E-state index contributed by atoms with van der Waals surface area (Å²) in [6.45, 7) is 7.27. The maximum Gasteiger partial charge on any atom is 0.253 e. The smallest absolute Gasteiger partial charge is 0.253 e. The lowest BCUT2D eigenvalue weighted by atomic mass is 9.77. The highest BCUT2D eigenvalue weighted by molar-refractivity contribution is 5.40. The van der Waals surface area contributed by atoms with Gasteiger partial charge in [-0.2, -0.15) is 0 Å². The van der Waals surface area contributed by atoms with Crippen LogP contribution in [0.2, 0.25) is 0 Å². The van der Waals surface area contributed by atoms with E-state index in [1.165, 1.54) is 0 Å². The van der Waals surface area contributed by atoms with Crippen LogP contribution in [0.1, 0.15) is 34.1 Å². The highest BCUT2D eigenvalue weighted by atomic mass is 16.6. The van der Waals surface area contributed by atoms with Crippen LogP contribution in [-0.2, 0) is 4.74 Å². The molecule has 1 aliphatic heterocycles. The van der Waals surface area contributed by atoms with Crippen LogP contribution in [0.5, 0.6) is 0 Å². The van der Waals surface area contributed by atoms with Gasteiger partial charge in [-0.05, 0) is 32.8 Å². The zero-order valence-electron chi connectivity index (χ0n) is 11.2. The van der Waals surface area contributed by atoms with Gasteiger partial charge in [0, 0.05) is 11.5 Å². The normalized spacial score (nSPS) is 35.6. The molecule has 0 aromatic heterocycles. The van der Waals surface area contributed by atoms with E-state index in [0.29, 0.717) is 12.0 Å². The van der Waals surface area contributed by atoms with Crippen molar-refractivity contribution in [2.24, 2.45) is 11.8 Å². The van der Waals surface area contributed by atoms with Crippen molar-refractivity contribution in [1.29, 1.82) is 0 Å². The van der Waals surface area contributed by atoms with Crippen molar-refractivity contribution in [3.05, 3.63) is 32.7 Å². The van der Waals surface area contributed by atoms with Gasteiger partial charge in [-0.3, -0.25) is 10.1 Å². The molecule has 0 saturated carbocycles. The third-order valence-corrected chi connectivity index (χ3v) is 4.23.